The molecular weight excluding hydrogens is 348 g/mol. The monoisotopic (exact) mass is 362 g/mol. The van der Waals surface area contributed by atoms with Gasteiger partial charge in [-0.1, -0.05) is 70.3 Å². The van der Waals surface area contributed by atoms with Crippen LogP contribution in [0.4, 0.5) is 0 Å². The second kappa shape index (κ2) is 5.94. The van der Waals surface area contributed by atoms with Gasteiger partial charge in [0, 0.05) is 15.9 Å². The van der Waals surface area contributed by atoms with Crippen LogP contribution in [0.25, 0.3) is 0 Å². The van der Waals surface area contributed by atoms with Gasteiger partial charge in [0.25, 0.3) is 0 Å². The molecule has 1 nitrogen and oxygen atoms in total. The fourth-order valence-corrected chi connectivity index (χ4v) is 3.76. The minimum Gasteiger partial charge on any atom is -0.298 e. The Balaban J connectivity index is 1.87. The van der Waals surface area contributed by atoms with E-state index in [1.165, 1.54) is 0 Å². The predicted molar refractivity (Wildman–Crippen MR) is 89.8 cm³/mol. The van der Waals surface area contributed by atoms with Crippen molar-refractivity contribution in [1.82, 2.24) is 0 Å². The SMILES string of the molecule is O=C(Cc1ccc(Br)cc1Cl)C1(c2ccccc2)CCC1. The molecule has 2 aromatic carbocycles. The molecule has 1 saturated carbocycles. The lowest BCUT2D eigenvalue weighted by molar-refractivity contribution is -0.127. The van der Waals surface area contributed by atoms with E-state index in [0.29, 0.717) is 11.4 Å². The van der Waals surface area contributed by atoms with Crippen molar-refractivity contribution in [3.63, 3.8) is 0 Å². The quantitative estimate of drug-likeness (QED) is 0.717. The molecule has 0 spiro atoms. The van der Waals surface area contributed by atoms with Gasteiger partial charge >= 0.3 is 0 Å². The van der Waals surface area contributed by atoms with Gasteiger partial charge in [-0.3, -0.25) is 4.79 Å². The molecule has 0 aromatic heterocycles. The average molecular weight is 364 g/mol. The zero-order valence-corrected chi connectivity index (χ0v) is 14.0. The molecule has 1 fully saturated rings. The van der Waals surface area contributed by atoms with Crippen LogP contribution in [0.3, 0.4) is 0 Å². The lowest BCUT2D eigenvalue weighted by Gasteiger charge is -2.41. The van der Waals surface area contributed by atoms with Crippen LogP contribution in [-0.4, -0.2) is 5.78 Å². The van der Waals surface area contributed by atoms with E-state index < -0.39 is 0 Å². The van der Waals surface area contributed by atoms with Gasteiger partial charge in [0.1, 0.15) is 5.78 Å². The fraction of sp³-hybridized carbons (Fsp3) is 0.278. The Morgan fingerprint density at radius 2 is 1.86 bits per heavy atom. The molecular formula is C18H16BrClO. The molecule has 0 radical (unpaired) electrons. The van der Waals surface area contributed by atoms with Crippen LogP contribution < -0.4 is 0 Å². The van der Waals surface area contributed by atoms with Crippen LogP contribution in [0.2, 0.25) is 5.02 Å². The average Bonchev–Trinajstić information content (AvgIpc) is 2.42. The Morgan fingerprint density at radius 3 is 2.43 bits per heavy atom. The highest BCUT2D eigenvalue weighted by Gasteiger charge is 2.44. The largest absolute Gasteiger partial charge is 0.298 e. The van der Waals surface area contributed by atoms with Crippen LogP contribution >= 0.6 is 27.5 Å². The van der Waals surface area contributed by atoms with E-state index >= 15 is 0 Å². The molecule has 0 N–H and O–H groups in total. The summed E-state index contributed by atoms with van der Waals surface area (Å²) in [6.45, 7) is 0. The molecule has 108 valence electrons. The van der Waals surface area contributed by atoms with Crippen molar-refractivity contribution in [3.8, 4) is 0 Å². The highest BCUT2D eigenvalue weighted by atomic mass is 79.9. The number of hydrogen-bond acceptors (Lipinski definition) is 1. The highest BCUT2D eigenvalue weighted by molar-refractivity contribution is 9.10. The first-order chi connectivity index (χ1) is 10.1. The minimum absolute atomic E-state index is 0.282. The van der Waals surface area contributed by atoms with Gasteiger partial charge in [-0.2, -0.15) is 0 Å². The Bertz CT molecular complexity index is 662. The smallest absolute Gasteiger partial charge is 0.147 e. The molecule has 0 unspecified atom stereocenters. The van der Waals surface area contributed by atoms with Gasteiger partial charge < -0.3 is 0 Å². The summed E-state index contributed by atoms with van der Waals surface area (Å²) in [6.07, 6.45) is 3.42. The summed E-state index contributed by atoms with van der Waals surface area (Å²) in [5.74, 6) is 0.282. The number of ketones is 1. The zero-order valence-electron chi connectivity index (χ0n) is 11.6. The van der Waals surface area contributed by atoms with E-state index in [2.05, 4.69) is 28.1 Å². The van der Waals surface area contributed by atoms with Crippen LogP contribution in [0.15, 0.2) is 53.0 Å². The minimum atomic E-state index is -0.294. The molecule has 0 heterocycles. The van der Waals surface area contributed by atoms with Gasteiger partial charge in [-0.15, -0.1) is 0 Å². The zero-order chi connectivity index (χ0) is 14.9. The van der Waals surface area contributed by atoms with Crippen molar-refractivity contribution in [2.45, 2.75) is 31.1 Å². The van der Waals surface area contributed by atoms with Crippen LogP contribution in [0.5, 0.6) is 0 Å². The number of carbonyl (C=O) groups is 1. The van der Waals surface area contributed by atoms with Gasteiger partial charge in [0.2, 0.25) is 0 Å². The van der Waals surface area contributed by atoms with E-state index in [4.69, 9.17) is 11.6 Å². The summed E-state index contributed by atoms with van der Waals surface area (Å²) < 4.78 is 0.935. The van der Waals surface area contributed by atoms with Crippen LogP contribution in [-0.2, 0) is 16.6 Å². The van der Waals surface area contributed by atoms with Crippen molar-refractivity contribution in [3.05, 3.63) is 69.2 Å². The summed E-state index contributed by atoms with van der Waals surface area (Å²) in [6, 6.07) is 15.9. The third kappa shape index (κ3) is 2.79. The van der Waals surface area contributed by atoms with Gasteiger partial charge in [-0.05, 0) is 36.1 Å². The summed E-state index contributed by atoms with van der Waals surface area (Å²) >= 11 is 9.64. The Labute approximate surface area is 138 Å². The van der Waals surface area contributed by atoms with E-state index in [1.807, 2.05) is 36.4 Å². The van der Waals surface area contributed by atoms with E-state index in [-0.39, 0.29) is 11.2 Å². The first kappa shape index (κ1) is 14.8. The third-order valence-corrected chi connectivity index (χ3v) is 5.28. The fourth-order valence-electron chi connectivity index (χ4n) is 3.02. The molecule has 0 saturated heterocycles. The molecule has 1 aliphatic rings. The molecule has 0 atom stereocenters. The topological polar surface area (TPSA) is 17.1 Å². The molecule has 0 amide bonds. The Morgan fingerprint density at radius 1 is 1.14 bits per heavy atom. The molecule has 0 bridgehead atoms. The summed E-state index contributed by atoms with van der Waals surface area (Å²) in [7, 11) is 0. The molecule has 3 rings (SSSR count). The van der Waals surface area contributed by atoms with Crippen molar-refractivity contribution < 1.29 is 4.79 Å². The molecule has 0 aliphatic heterocycles. The van der Waals surface area contributed by atoms with Crippen LogP contribution in [0, 0.1) is 0 Å². The maximum Gasteiger partial charge on any atom is 0.147 e. The summed E-state index contributed by atoms with van der Waals surface area (Å²) in [5, 5.41) is 0.653. The molecule has 1 aliphatic carbocycles. The lowest BCUT2D eigenvalue weighted by atomic mass is 9.61. The number of rotatable bonds is 4. The second-order valence-corrected chi connectivity index (χ2v) is 6.96. The number of benzene rings is 2. The first-order valence-corrected chi connectivity index (χ1v) is 8.32. The number of carbonyl (C=O) groups excluding carboxylic acids is 1. The van der Waals surface area contributed by atoms with E-state index in [0.717, 1.165) is 34.9 Å². The molecule has 21 heavy (non-hydrogen) atoms. The van der Waals surface area contributed by atoms with Gasteiger partial charge in [0.15, 0.2) is 0 Å². The van der Waals surface area contributed by atoms with Crippen LogP contribution in [0.1, 0.15) is 30.4 Å². The van der Waals surface area contributed by atoms with E-state index in [9.17, 15) is 4.79 Å². The van der Waals surface area contributed by atoms with Crippen molar-refractivity contribution in [1.29, 1.82) is 0 Å². The number of halogens is 2. The first-order valence-electron chi connectivity index (χ1n) is 7.15. The Hall–Kier alpha value is -1.12. The second-order valence-electron chi connectivity index (χ2n) is 5.64. The maximum absolute atomic E-state index is 12.9. The summed E-state index contributed by atoms with van der Waals surface area (Å²) in [4.78, 5) is 12.9. The predicted octanol–water partition coefficient (Wildman–Crippen LogP) is 5.34. The van der Waals surface area contributed by atoms with E-state index in [1.54, 1.807) is 0 Å². The maximum atomic E-state index is 12.9. The number of hydrogen-bond donors (Lipinski definition) is 0. The van der Waals surface area contributed by atoms with Gasteiger partial charge in [-0.25, -0.2) is 0 Å². The molecule has 3 heteroatoms. The Kier molecular flexibility index (Phi) is 4.19. The standard InChI is InChI=1S/C18H16BrClO/c19-15-8-7-13(16(20)12-15)11-17(21)18(9-4-10-18)14-5-2-1-3-6-14/h1-3,5-8,12H,4,9-11H2. The van der Waals surface area contributed by atoms with Crippen molar-refractivity contribution in [2.75, 3.05) is 0 Å². The lowest BCUT2D eigenvalue weighted by Crippen LogP contribution is -2.43. The molecule has 2 aromatic rings. The number of Topliss-reactive ketones (excluding diaryl/α,β-unsaturated/α-hetero) is 1. The normalized spacial score (nSPS) is 16.3. The van der Waals surface area contributed by atoms with Gasteiger partial charge in [0.05, 0.1) is 5.41 Å². The summed E-state index contributed by atoms with van der Waals surface area (Å²) in [5.41, 5.74) is 1.76. The van der Waals surface area contributed by atoms with Crippen molar-refractivity contribution >= 4 is 33.3 Å². The highest BCUT2D eigenvalue weighted by Crippen LogP contribution is 2.45. The van der Waals surface area contributed by atoms with Crippen molar-refractivity contribution in [2.24, 2.45) is 0 Å². The third-order valence-electron chi connectivity index (χ3n) is 4.43.